The Balaban J connectivity index is 1.57. The Bertz CT molecular complexity index is 757. The van der Waals surface area contributed by atoms with Crippen molar-refractivity contribution in [3.63, 3.8) is 0 Å². The van der Waals surface area contributed by atoms with Gasteiger partial charge in [0.05, 0.1) is 12.0 Å². The van der Waals surface area contributed by atoms with E-state index in [0.29, 0.717) is 12.1 Å². The first-order chi connectivity index (χ1) is 11.5. The number of benzene rings is 2. The summed E-state index contributed by atoms with van der Waals surface area (Å²) in [6.45, 7) is 2.82. The van der Waals surface area contributed by atoms with Gasteiger partial charge in [0.25, 0.3) is 0 Å². The summed E-state index contributed by atoms with van der Waals surface area (Å²) in [4.78, 5) is 23.2. The van der Waals surface area contributed by atoms with Gasteiger partial charge < -0.3 is 10.4 Å². The van der Waals surface area contributed by atoms with Crippen molar-refractivity contribution in [2.45, 2.75) is 26.2 Å². The Kier molecular flexibility index (Phi) is 4.38. The predicted octanol–water partition coefficient (Wildman–Crippen LogP) is 2.85. The van der Waals surface area contributed by atoms with Crippen molar-refractivity contribution in [2.75, 3.05) is 6.54 Å². The maximum atomic E-state index is 12.2. The van der Waals surface area contributed by atoms with Gasteiger partial charge in [0, 0.05) is 6.54 Å². The summed E-state index contributed by atoms with van der Waals surface area (Å²) in [5.41, 5.74) is 3.69. The molecule has 0 fully saturated rings. The SMILES string of the molecule is CC1(CNC(=O)Cc2cccc(C(=O)O)c2)Cc2ccccc2C1. The van der Waals surface area contributed by atoms with Crippen LogP contribution in [0.4, 0.5) is 0 Å². The molecule has 24 heavy (non-hydrogen) atoms. The second kappa shape index (κ2) is 6.48. The van der Waals surface area contributed by atoms with E-state index in [4.69, 9.17) is 5.11 Å². The van der Waals surface area contributed by atoms with Gasteiger partial charge >= 0.3 is 5.97 Å². The standard InChI is InChI=1S/C20H21NO3/c1-20(11-16-6-2-3-7-17(16)12-20)13-21-18(22)10-14-5-4-8-15(9-14)19(23)24/h2-9H,10-13H2,1H3,(H,21,22)(H,23,24). The number of carboxylic acid groups (broad SMARTS) is 1. The highest BCUT2D eigenvalue weighted by Crippen LogP contribution is 2.35. The number of hydrogen-bond acceptors (Lipinski definition) is 2. The number of fused-ring (bicyclic) bond motifs is 1. The van der Waals surface area contributed by atoms with E-state index in [0.717, 1.165) is 12.8 Å². The fraction of sp³-hybridized carbons (Fsp3) is 0.300. The van der Waals surface area contributed by atoms with Crippen LogP contribution in [0, 0.1) is 5.41 Å². The molecule has 1 amide bonds. The van der Waals surface area contributed by atoms with E-state index in [1.54, 1.807) is 18.2 Å². The number of rotatable bonds is 5. The minimum Gasteiger partial charge on any atom is -0.478 e. The van der Waals surface area contributed by atoms with Gasteiger partial charge in [0.15, 0.2) is 0 Å². The molecule has 2 aromatic carbocycles. The molecular formula is C20H21NO3. The second-order valence-electron chi connectivity index (χ2n) is 6.89. The summed E-state index contributed by atoms with van der Waals surface area (Å²) >= 11 is 0. The largest absolute Gasteiger partial charge is 0.478 e. The van der Waals surface area contributed by atoms with E-state index in [1.165, 1.54) is 17.2 Å². The molecule has 4 heteroatoms. The van der Waals surface area contributed by atoms with Crippen LogP contribution in [0.25, 0.3) is 0 Å². The molecule has 3 rings (SSSR count). The first-order valence-electron chi connectivity index (χ1n) is 8.11. The van der Waals surface area contributed by atoms with Gasteiger partial charge in [-0.3, -0.25) is 4.79 Å². The van der Waals surface area contributed by atoms with Gasteiger partial charge in [-0.25, -0.2) is 4.79 Å². The predicted molar refractivity (Wildman–Crippen MR) is 92.1 cm³/mol. The smallest absolute Gasteiger partial charge is 0.335 e. The first kappa shape index (κ1) is 16.2. The van der Waals surface area contributed by atoms with Crippen LogP contribution in [-0.4, -0.2) is 23.5 Å². The van der Waals surface area contributed by atoms with E-state index < -0.39 is 5.97 Å². The molecule has 0 atom stereocenters. The van der Waals surface area contributed by atoms with Crippen LogP contribution in [0.1, 0.15) is 34.0 Å². The lowest BCUT2D eigenvalue weighted by Gasteiger charge is -2.24. The van der Waals surface area contributed by atoms with Gasteiger partial charge in [-0.2, -0.15) is 0 Å². The van der Waals surface area contributed by atoms with E-state index in [-0.39, 0.29) is 23.3 Å². The molecule has 2 aromatic rings. The second-order valence-corrected chi connectivity index (χ2v) is 6.89. The molecule has 0 bridgehead atoms. The average Bonchev–Trinajstić information content (AvgIpc) is 2.90. The fourth-order valence-electron chi connectivity index (χ4n) is 3.38. The molecular weight excluding hydrogens is 302 g/mol. The van der Waals surface area contributed by atoms with Gasteiger partial charge in [-0.1, -0.05) is 43.3 Å². The van der Waals surface area contributed by atoms with Crippen molar-refractivity contribution >= 4 is 11.9 Å². The molecule has 0 aromatic heterocycles. The van der Waals surface area contributed by atoms with Crippen molar-refractivity contribution in [3.8, 4) is 0 Å². The fourth-order valence-corrected chi connectivity index (χ4v) is 3.38. The van der Waals surface area contributed by atoms with Gasteiger partial charge in [0.2, 0.25) is 5.91 Å². The zero-order valence-corrected chi connectivity index (χ0v) is 13.7. The van der Waals surface area contributed by atoms with Gasteiger partial charge in [-0.15, -0.1) is 0 Å². The van der Waals surface area contributed by atoms with E-state index in [1.807, 2.05) is 0 Å². The van der Waals surface area contributed by atoms with Crippen molar-refractivity contribution < 1.29 is 14.7 Å². The molecule has 0 spiro atoms. The average molecular weight is 323 g/mol. The summed E-state index contributed by atoms with van der Waals surface area (Å²) in [7, 11) is 0. The third kappa shape index (κ3) is 3.65. The third-order valence-electron chi connectivity index (χ3n) is 4.60. The number of carbonyl (C=O) groups is 2. The van der Waals surface area contributed by atoms with Crippen molar-refractivity contribution in [1.29, 1.82) is 0 Å². The number of hydrogen-bond donors (Lipinski definition) is 2. The molecule has 1 aliphatic rings. The molecule has 124 valence electrons. The molecule has 1 aliphatic carbocycles. The van der Waals surface area contributed by atoms with E-state index in [2.05, 4.69) is 36.5 Å². The molecule has 0 aliphatic heterocycles. The Labute approximate surface area is 141 Å². The van der Waals surface area contributed by atoms with Crippen LogP contribution in [0.3, 0.4) is 0 Å². The van der Waals surface area contributed by atoms with E-state index in [9.17, 15) is 9.59 Å². The number of aromatic carboxylic acids is 1. The topological polar surface area (TPSA) is 66.4 Å². The van der Waals surface area contributed by atoms with Crippen LogP contribution < -0.4 is 5.32 Å². The Morgan fingerprint density at radius 1 is 1.08 bits per heavy atom. The maximum absolute atomic E-state index is 12.2. The van der Waals surface area contributed by atoms with Crippen molar-refractivity contribution in [1.82, 2.24) is 5.32 Å². The molecule has 2 N–H and O–H groups in total. The van der Waals surface area contributed by atoms with Crippen LogP contribution in [0.2, 0.25) is 0 Å². The lowest BCUT2D eigenvalue weighted by Crippen LogP contribution is -2.37. The molecule has 0 saturated heterocycles. The van der Waals surface area contributed by atoms with Crippen LogP contribution in [0.5, 0.6) is 0 Å². The number of nitrogens with one attached hydrogen (secondary N) is 1. The normalized spacial score (nSPS) is 14.9. The highest BCUT2D eigenvalue weighted by molar-refractivity contribution is 5.88. The molecule has 0 unspecified atom stereocenters. The molecule has 0 saturated carbocycles. The zero-order valence-electron chi connectivity index (χ0n) is 13.7. The van der Waals surface area contributed by atoms with Crippen molar-refractivity contribution in [2.24, 2.45) is 5.41 Å². The number of carbonyl (C=O) groups excluding carboxylic acids is 1. The lowest BCUT2D eigenvalue weighted by atomic mass is 9.87. The van der Waals surface area contributed by atoms with Gasteiger partial charge in [-0.05, 0) is 47.1 Å². The van der Waals surface area contributed by atoms with E-state index >= 15 is 0 Å². The van der Waals surface area contributed by atoms with Crippen LogP contribution in [0.15, 0.2) is 48.5 Å². The Morgan fingerprint density at radius 2 is 1.75 bits per heavy atom. The Hall–Kier alpha value is -2.62. The summed E-state index contributed by atoms with van der Waals surface area (Å²) in [6.07, 6.45) is 2.14. The lowest BCUT2D eigenvalue weighted by molar-refractivity contribution is -0.120. The Morgan fingerprint density at radius 3 is 2.38 bits per heavy atom. The summed E-state index contributed by atoms with van der Waals surface area (Å²) in [5, 5.41) is 12.0. The highest BCUT2D eigenvalue weighted by atomic mass is 16.4. The molecule has 0 heterocycles. The number of carboxylic acids is 1. The highest BCUT2D eigenvalue weighted by Gasteiger charge is 2.32. The summed E-state index contributed by atoms with van der Waals surface area (Å²) < 4.78 is 0. The zero-order chi connectivity index (χ0) is 17.2. The first-order valence-corrected chi connectivity index (χ1v) is 8.11. The minimum absolute atomic E-state index is 0.0439. The van der Waals surface area contributed by atoms with Crippen LogP contribution >= 0.6 is 0 Å². The van der Waals surface area contributed by atoms with Crippen LogP contribution in [-0.2, 0) is 24.1 Å². The summed E-state index contributed by atoms with van der Waals surface area (Å²) in [5.74, 6) is -1.05. The quantitative estimate of drug-likeness (QED) is 0.889. The minimum atomic E-state index is -0.978. The maximum Gasteiger partial charge on any atom is 0.335 e. The number of amides is 1. The summed E-state index contributed by atoms with van der Waals surface area (Å²) in [6, 6.07) is 14.9. The molecule has 0 radical (unpaired) electrons. The monoisotopic (exact) mass is 323 g/mol. The van der Waals surface area contributed by atoms with Gasteiger partial charge in [0.1, 0.15) is 0 Å². The third-order valence-corrected chi connectivity index (χ3v) is 4.60. The molecule has 4 nitrogen and oxygen atoms in total. The van der Waals surface area contributed by atoms with Crippen molar-refractivity contribution in [3.05, 3.63) is 70.8 Å².